The molecule has 144 valence electrons. The number of hydrogen-bond donors (Lipinski definition) is 3. The topological polar surface area (TPSA) is 97.6 Å². The van der Waals surface area contributed by atoms with Crippen LogP contribution in [0.1, 0.15) is 41.2 Å². The second-order valence-corrected chi connectivity index (χ2v) is 6.61. The van der Waals surface area contributed by atoms with E-state index in [4.69, 9.17) is 24.1 Å². The third kappa shape index (κ3) is 3.07. The second-order valence-electron chi connectivity index (χ2n) is 6.61. The Morgan fingerprint density at radius 1 is 1.15 bits per heavy atom. The fourth-order valence-corrected chi connectivity index (χ4v) is 3.64. The highest BCUT2D eigenvalue weighted by Gasteiger charge is 2.38. The van der Waals surface area contributed by atoms with Gasteiger partial charge < -0.3 is 34.3 Å². The monoisotopic (exact) mass is 374 g/mol. The van der Waals surface area contributed by atoms with Gasteiger partial charge in [-0.05, 0) is 35.4 Å². The number of ether oxygens (including phenoxy) is 4. The van der Waals surface area contributed by atoms with Crippen LogP contribution in [0, 0.1) is 0 Å². The van der Waals surface area contributed by atoms with Crippen molar-refractivity contribution in [3.63, 3.8) is 0 Å². The minimum Gasteiger partial charge on any atom is -0.493 e. The first-order chi connectivity index (χ1) is 13.2. The highest BCUT2D eigenvalue weighted by molar-refractivity contribution is 5.56. The summed E-state index contributed by atoms with van der Waals surface area (Å²) in [5.41, 5.74) is 2.24. The molecule has 3 atom stereocenters. The Bertz CT molecular complexity index is 835. The van der Waals surface area contributed by atoms with E-state index >= 15 is 0 Å². The molecule has 0 unspecified atom stereocenters. The van der Waals surface area contributed by atoms with Gasteiger partial charge in [0.05, 0.1) is 25.7 Å². The van der Waals surface area contributed by atoms with E-state index in [0.717, 1.165) is 11.1 Å². The number of benzene rings is 2. The van der Waals surface area contributed by atoms with Gasteiger partial charge in [-0.2, -0.15) is 0 Å². The molecule has 0 aromatic heterocycles. The average Bonchev–Trinajstić information content (AvgIpc) is 3.30. The molecule has 0 aliphatic carbocycles. The first kappa shape index (κ1) is 17.9. The van der Waals surface area contributed by atoms with Gasteiger partial charge >= 0.3 is 0 Å². The van der Waals surface area contributed by atoms with Crippen LogP contribution in [-0.2, 0) is 0 Å². The maximum Gasteiger partial charge on any atom is 0.231 e. The summed E-state index contributed by atoms with van der Waals surface area (Å²) in [4.78, 5) is 0. The van der Waals surface area contributed by atoms with Gasteiger partial charge in [0.15, 0.2) is 23.0 Å². The van der Waals surface area contributed by atoms with E-state index in [0.29, 0.717) is 28.6 Å². The van der Waals surface area contributed by atoms with Crippen LogP contribution >= 0.6 is 0 Å². The van der Waals surface area contributed by atoms with Crippen molar-refractivity contribution in [3.05, 3.63) is 47.0 Å². The lowest BCUT2D eigenvalue weighted by atomic mass is 9.89. The van der Waals surface area contributed by atoms with Gasteiger partial charge in [-0.15, -0.1) is 0 Å². The number of rotatable bonds is 6. The van der Waals surface area contributed by atoms with Gasteiger partial charge in [0.1, 0.15) is 6.10 Å². The van der Waals surface area contributed by atoms with Gasteiger partial charge in [0, 0.05) is 18.6 Å². The van der Waals surface area contributed by atoms with E-state index < -0.39 is 12.2 Å². The largest absolute Gasteiger partial charge is 0.493 e. The van der Waals surface area contributed by atoms with Crippen LogP contribution in [0.2, 0.25) is 0 Å². The molecular formula is C20H22O7. The van der Waals surface area contributed by atoms with E-state index in [1.165, 1.54) is 7.11 Å². The van der Waals surface area contributed by atoms with Crippen molar-refractivity contribution in [1.82, 2.24) is 0 Å². The van der Waals surface area contributed by atoms with E-state index in [1.807, 2.05) is 24.3 Å². The van der Waals surface area contributed by atoms with E-state index in [1.54, 1.807) is 6.07 Å². The number of methoxy groups -OCH3 is 1. The maximum atomic E-state index is 10.3. The third-order valence-electron chi connectivity index (χ3n) is 5.04. The van der Waals surface area contributed by atoms with Crippen molar-refractivity contribution >= 4 is 0 Å². The Kier molecular flexibility index (Phi) is 4.82. The Labute approximate surface area is 156 Å². The first-order valence-corrected chi connectivity index (χ1v) is 8.84. The normalized spacial score (nSPS) is 20.9. The summed E-state index contributed by atoms with van der Waals surface area (Å²) in [7, 11) is 1.53. The second kappa shape index (κ2) is 7.26. The summed E-state index contributed by atoms with van der Waals surface area (Å²) in [5.74, 6) is 2.05. The highest BCUT2D eigenvalue weighted by Crippen LogP contribution is 2.52. The zero-order valence-electron chi connectivity index (χ0n) is 14.9. The Balaban J connectivity index is 1.72. The first-order valence-electron chi connectivity index (χ1n) is 8.84. The SMILES string of the molecule is COc1cc([C@@H](O)CCO)cc2c1O[C@H](c1ccc3c(c1)OCO3)[C@H]2CO. The molecule has 3 N–H and O–H groups in total. The predicted molar refractivity (Wildman–Crippen MR) is 95.4 cm³/mol. The van der Waals surface area contributed by atoms with Gasteiger partial charge in [0.25, 0.3) is 0 Å². The lowest BCUT2D eigenvalue weighted by Crippen LogP contribution is -2.13. The van der Waals surface area contributed by atoms with Gasteiger partial charge in [-0.3, -0.25) is 0 Å². The molecule has 2 aliphatic heterocycles. The predicted octanol–water partition coefficient (Wildman–Crippen LogP) is 2.05. The van der Waals surface area contributed by atoms with Crippen molar-refractivity contribution in [1.29, 1.82) is 0 Å². The van der Waals surface area contributed by atoms with Gasteiger partial charge in [-0.25, -0.2) is 0 Å². The lowest BCUT2D eigenvalue weighted by molar-refractivity contribution is 0.134. The molecule has 0 spiro atoms. The number of hydrogen-bond acceptors (Lipinski definition) is 7. The molecule has 0 saturated carbocycles. The molecule has 2 heterocycles. The molecule has 0 bridgehead atoms. The molecule has 27 heavy (non-hydrogen) atoms. The standard InChI is InChI=1S/C20H22O7/c1-24-18-8-12(15(23)4-5-21)6-13-14(9-22)19(27-20(13)18)11-2-3-16-17(7-11)26-10-25-16/h2-3,6-8,14-15,19,21-23H,4-5,9-10H2,1H3/t14-,15-,19+/m0/s1. The summed E-state index contributed by atoms with van der Waals surface area (Å²) >= 11 is 0. The van der Waals surface area contributed by atoms with E-state index in [2.05, 4.69) is 0 Å². The van der Waals surface area contributed by atoms with Crippen molar-refractivity contribution in [2.45, 2.75) is 24.5 Å². The van der Waals surface area contributed by atoms with Gasteiger partial charge in [0.2, 0.25) is 6.79 Å². The van der Waals surface area contributed by atoms with Crippen molar-refractivity contribution in [2.24, 2.45) is 0 Å². The molecule has 0 radical (unpaired) electrons. The summed E-state index contributed by atoms with van der Waals surface area (Å²) in [6.07, 6.45) is -1.02. The molecule has 2 aromatic carbocycles. The van der Waals surface area contributed by atoms with Gasteiger partial charge in [-0.1, -0.05) is 6.07 Å². The Morgan fingerprint density at radius 2 is 1.96 bits per heavy atom. The summed E-state index contributed by atoms with van der Waals surface area (Å²) in [6, 6.07) is 9.09. The number of aliphatic hydroxyl groups excluding tert-OH is 3. The summed E-state index contributed by atoms with van der Waals surface area (Å²) in [6.45, 7) is -0.0664. The molecule has 2 aromatic rings. The average molecular weight is 374 g/mol. The zero-order chi connectivity index (χ0) is 19.0. The van der Waals surface area contributed by atoms with E-state index in [-0.39, 0.29) is 32.3 Å². The Morgan fingerprint density at radius 3 is 2.70 bits per heavy atom. The van der Waals surface area contributed by atoms with Crippen LogP contribution in [0.4, 0.5) is 0 Å². The van der Waals surface area contributed by atoms with Crippen LogP contribution in [-0.4, -0.2) is 42.4 Å². The minimum atomic E-state index is -0.821. The van der Waals surface area contributed by atoms with Crippen molar-refractivity contribution in [3.8, 4) is 23.0 Å². The number of fused-ring (bicyclic) bond motifs is 2. The maximum absolute atomic E-state index is 10.3. The molecule has 7 nitrogen and oxygen atoms in total. The fraction of sp³-hybridized carbons (Fsp3) is 0.400. The molecule has 7 heteroatoms. The van der Waals surface area contributed by atoms with E-state index in [9.17, 15) is 10.2 Å². The number of aliphatic hydroxyl groups is 3. The quantitative estimate of drug-likeness (QED) is 0.712. The lowest BCUT2D eigenvalue weighted by Gasteiger charge is -2.18. The smallest absolute Gasteiger partial charge is 0.231 e. The minimum absolute atomic E-state index is 0.125. The molecule has 0 amide bonds. The van der Waals surface area contributed by atoms with Crippen molar-refractivity contribution < 1.29 is 34.3 Å². The summed E-state index contributed by atoms with van der Waals surface area (Å²) in [5, 5.41) is 29.4. The fourth-order valence-electron chi connectivity index (χ4n) is 3.64. The Hall–Kier alpha value is -2.48. The molecule has 4 rings (SSSR count). The highest BCUT2D eigenvalue weighted by atomic mass is 16.7. The molecule has 2 aliphatic rings. The van der Waals surface area contributed by atoms with Crippen LogP contribution in [0.25, 0.3) is 0 Å². The van der Waals surface area contributed by atoms with Crippen LogP contribution in [0.3, 0.4) is 0 Å². The van der Waals surface area contributed by atoms with Crippen LogP contribution in [0.15, 0.2) is 30.3 Å². The van der Waals surface area contributed by atoms with Crippen LogP contribution < -0.4 is 18.9 Å². The molecule has 0 fully saturated rings. The zero-order valence-corrected chi connectivity index (χ0v) is 14.9. The van der Waals surface area contributed by atoms with Crippen molar-refractivity contribution in [2.75, 3.05) is 27.1 Å². The third-order valence-corrected chi connectivity index (χ3v) is 5.04. The molecule has 0 saturated heterocycles. The molecular weight excluding hydrogens is 352 g/mol. The van der Waals surface area contributed by atoms with Crippen LogP contribution in [0.5, 0.6) is 23.0 Å². The summed E-state index contributed by atoms with van der Waals surface area (Å²) < 4.78 is 22.4.